The molecule has 2 atom stereocenters. The largest absolute Gasteiger partial charge is 0.375 e. The van der Waals surface area contributed by atoms with Crippen molar-refractivity contribution in [2.75, 3.05) is 26.8 Å². The number of hydrogen-bond acceptors (Lipinski definition) is 3. The molecule has 0 radical (unpaired) electrons. The van der Waals surface area contributed by atoms with Crippen LogP contribution >= 0.6 is 0 Å². The Hall–Kier alpha value is -0.610. The summed E-state index contributed by atoms with van der Waals surface area (Å²) < 4.78 is 10.3. The van der Waals surface area contributed by atoms with E-state index in [2.05, 4.69) is 0 Å². The van der Waals surface area contributed by atoms with E-state index in [4.69, 9.17) is 9.47 Å². The molecule has 1 aliphatic rings. The molecule has 0 aromatic carbocycles. The minimum atomic E-state index is 0.0458. The molecule has 1 amide bonds. The molecule has 1 aliphatic heterocycles. The van der Waals surface area contributed by atoms with E-state index in [1.807, 2.05) is 13.8 Å². The topological polar surface area (TPSA) is 38.8 Å². The molecule has 0 bridgehead atoms. The Bertz CT molecular complexity index is 174. The van der Waals surface area contributed by atoms with Gasteiger partial charge in [0.2, 0.25) is 5.91 Å². The molecule has 0 N–H and O–H groups in total. The Labute approximate surface area is 78.8 Å². The summed E-state index contributed by atoms with van der Waals surface area (Å²) >= 11 is 0. The number of ether oxygens (including phenoxy) is 2. The summed E-state index contributed by atoms with van der Waals surface area (Å²) in [4.78, 5) is 13.2. The molecular weight excluding hydrogens is 170 g/mol. The predicted octanol–water partition coefficient (Wildman–Crippen LogP) is 0.269. The molecule has 0 aromatic heterocycles. The van der Waals surface area contributed by atoms with Gasteiger partial charge in [-0.1, -0.05) is 0 Å². The number of carbonyl (C=O) groups is 1. The predicted molar refractivity (Wildman–Crippen MR) is 48.5 cm³/mol. The molecule has 0 spiro atoms. The third-order valence-electron chi connectivity index (χ3n) is 2.04. The highest BCUT2D eigenvalue weighted by atomic mass is 16.5. The maximum atomic E-state index is 11.4. The quantitative estimate of drug-likeness (QED) is 0.623. The van der Waals surface area contributed by atoms with E-state index in [1.54, 1.807) is 4.90 Å². The van der Waals surface area contributed by atoms with Gasteiger partial charge in [-0.05, 0) is 13.8 Å². The molecule has 0 aromatic rings. The first-order valence-corrected chi connectivity index (χ1v) is 4.55. The Balaban J connectivity index is 2.45. The van der Waals surface area contributed by atoms with Crippen LogP contribution in [0.1, 0.15) is 13.8 Å². The van der Waals surface area contributed by atoms with Crippen molar-refractivity contribution >= 4 is 5.91 Å². The van der Waals surface area contributed by atoms with E-state index in [1.165, 1.54) is 7.11 Å². The molecular formula is C9H17NO3. The summed E-state index contributed by atoms with van der Waals surface area (Å²) in [6, 6.07) is 0. The Morgan fingerprint density at radius 2 is 2.00 bits per heavy atom. The molecule has 4 nitrogen and oxygen atoms in total. The molecule has 4 heteroatoms. The summed E-state index contributed by atoms with van der Waals surface area (Å²) in [5, 5.41) is 0. The Kier molecular flexibility index (Phi) is 3.69. The molecule has 13 heavy (non-hydrogen) atoms. The summed E-state index contributed by atoms with van der Waals surface area (Å²) in [5.74, 6) is 0.0458. The number of methoxy groups -OCH3 is 1. The van der Waals surface area contributed by atoms with Gasteiger partial charge in [0, 0.05) is 20.2 Å². The van der Waals surface area contributed by atoms with Gasteiger partial charge in [0.25, 0.3) is 0 Å². The van der Waals surface area contributed by atoms with Gasteiger partial charge in [-0.25, -0.2) is 0 Å². The number of hydrogen-bond donors (Lipinski definition) is 0. The molecule has 1 heterocycles. The van der Waals surface area contributed by atoms with Crippen molar-refractivity contribution < 1.29 is 14.3 Å². The van der Waals surface area contributed by atoms with Gasteiger partial charge in [0.05, 0.1) is 12.2 Å². The zero-order valence-electron chi connectivity index (χ0n) is 8.45. The number of morpholine rings is 1. The van der Waals surface area contributed by atoms with Gasteiger partial charge in [-0.3, -0.25) is 4.79 Å². The van der Waals surface area contributed by atoms with Gasteiger partial charge in [0.1, 0.15) is 6.61 Å². The first-order valence-electron chi connectivity index (χ1n) is 4.55. The summed E-state index contributed by atoms with van der Waals surface area (Å²) in [5.41, 5.74) is 0. The molecule has 0 unspecified atom stereocenters. The van der Waals surface area contributed by atoms with Crippen LogP contribution in [0, 0.1) is 0 Å². The monoisotopic (exact) mass is 187 g/mol. The van der Waals surface area contributed by atoms with Gasteiger partial charge in [0.15, 0.2) is 0 Å². The Morgan fingerprint density at radius 3 is 2.46 bits per heavy atom. The molecule has 0 aliphatic carbocycles. The van der Waals surface area contributed by atoms with Crippen LogP contribution in [0.15, 0.2) is 0 Å². The van der Waals surface area contributed by atoms with E-state index >= 15 is 0 Å². The fourth-order valence-electron chi connectivity index (χ4n) is 1.60. The van der Waals surface area contributed by atoms with Crippen molar-refractivity contribution in [3.63, 3.8) is 0 Å². The first-order chi connectivity index (χ1) is 6.13. The summed E-state index contributed by atoms with van der Waals surface area (Å²) in [6.07, 6.45) is 0.258. The van der Waals surface area contributed by atoms with Gasteiger partial charge in [-0.2, -0.15) is 0 Å². The molecule has 76 valence electrons. The fraction of sp³-hybridized carbons (Fsp3) is 0.889. The van der Waals surface area contributed by atoms with Crippen LogP contribution in [0.3, 0.4) is 0 Å². The molecule has 1 fully saturated rings. The second kappa shape index (κ2) is 4.58. The summed E-state index contributed by atoms with van der Waals surface area (Å²) in [7, 11) is 1.53. The van der Waals surface area contributed by atoms with E-state index in [0.717, 1.165) is 0 Å². The lowest BCUT2D eigenvalue weighted by Crippen LogP contribution is -2.49. The maximum absolute atomic E-state index is 11.4. The van der Waals surface area contributed by atoms with Crippen molar-refractivity contribution in [2.24, 2.45) is 0 Å². The highest BCUT2D eigenvalue weighted by Crippen LogP contribution is 2.10. The highest BCUT2D eigenvalue weighted by molar-refractivity contribution is 5.77. The lowest BCUT2D eigenvalue weighted by molar-refractivity contribution is -0.146. The summed E-state index contributed by atoms with van der Waals surface area (Å²) in [6.45, 7) is 5.46. The normalized spacial score (nSPS) is 29.0. The first kappa shape index (κ1) is 10.5. The minimum Gasteiger partial charge on any atom is -0.375 e. The van der Waals surface area contributed by atoms with Crippen LogP contribution in [0.4, 0.5) is 0 Å². The molecule has 0 saturated carbocycles. The van der Waals surface area contributed by atoms with Gasteiger partial charge >= 0.3 is 0 Å². The van der Waals surface area contributed by atoms with Crippen LogP contribution in [0.25, 0.3) is 0 Å². The second-order valence-electron chi connectivity index (χ2n) is 3.49. The fourth-order valence-corrected chi connectivity index (χ4v) is 1.60. The third kappa shape index (κ3) is 2.97. The highest BCUT2D eigenvalue weighted by Gasteiger charge is 2.25. The lowest BCUT2D eigenvalue weighted by atomic mass is 10.2. The van der Waals surface area contributed by atoms with Gasteiger partial charge < -0.3 is 14.4 Å². The van der Waals surface area contributed by atoms with E-state index in [9.17, 15) is 4.79 Å². The number of nitrogens with zero attached hydrogens (tertiary/aromatic N) is 1. The van der Waals surface area contributed by atoms with Crippen molar-refractivity contribution in [3.8, 4) is 0 Å². The maximum Gasteiger partial charge on any atom is 0.248 e. The van der Waals surface area contributed by atoms with Crippen molar-refractivity contribution in [1.29, 1.82) is 0 Å². The van der Waals surface area contributed by atoms with Gasteiger partial charge in [-0.15, -0.1) is 0 Å². The number of carbonyl (C=O) groups excluding carboxylic acids is 1. The average Bonchev–Trinajstić information content (AvgIpc) is 2.03. The van der Waals surface area contributed by atoms with Crippen molar-refractivity contribution in [1.82, 2.24) is 4.90 Å². The lowest BCUT2D eigenvalue weighted by Gasteiger charge is -2.35. The zero-order chi connectivity index (χ0) is 9.84. The zero-order valence-corrected chi connectivity index (χ0v) is 8.45. The third-order valence-corrected chi connectivity index (χ3v) is 2.04. The van der Waals surface area contributed by atoms with E-state index < -0.39 is 0 Å². The van der Waals surface area contributed by atoms with E-state index in [0.29, 0.717) is 13.1 Å². The smallest absolute Gasteiger partial charge is 0.248 e. The number of rotatable bonds is 2. The second-order valence-corrected chi connectivity index (χ2v) is 3.49. The standard InChI is InChI=1S/C9H17NO3/c1-7-4-10(5-8(2)13-7)9(11)6-12-3/h7-8H,4-6H2,1-3H3/t7-,8-/m1/s1. The SMILES string of the molecule is COCC(=O)N1C[C@@H](C)O[C@H](C)C1. The van der Waals surface area contributed by atoms with Crippen molar-refractivity contribution in [2.45, 2.75) is 26.1 Å². The van der Waals surface area contributed by atoms with E-state index in [-0.39, 0.29) is 24.7 Å². The van der Waals surface area contributed by atoms with Crippen LogP contribution in [-0.2, 0) is 14.3 Å². The van der Waals surface area contributed by atoms with Crippen molar-refractivity contribution in [3.05, 3.63) is 0 Å². The van der Waals surface area contributed by atoms with Crippen LogP contribution in [0.5, 0.6) is 0 Å². The average molecular weight is 187 g/mol. The van der Waals surface area contributed by atoms with Crippen LogP contribution in [0.2, 0.25) is 0 Å². The molecule has 1 saturated heterocycles. The Morgan fingerprint density at radius 1 is 1.46 bits per heavy atom. The number of amides is 1. The van der Waals surface area contributed by atoms with Crippen LogP contribution in [-0.4, -0.2) is 49.8 Å². The van der Waals surface area contributed by atoms with Crippen LogP contribution < -0.4 is 0 Å². The molecule has 1 rings (SSSR count). The minimum absolute atomic E-state index is 0.0458.